The van der Waals surface area contributed by atoms with E-state index in [9.17, 15) is 13.2 Å². The Morgan fingerprint density at radius 2 is 1.94 bits per heavy atom. The molecule has 32 heavy (non-hydrogen) atoms. The highest BCUT2D eigenvalue weighted by Crippen LogP contribution is 2.29. The minimum Gasteiger partial charge on any atom is -0.378 e. The number of hydrogen-bond donors (Lipinski definition) is 0. The standard InChI is InChI=1S/C24H29F4N3O/c25-22-15-21(5-6-23(22)31-11-13-32-14-12-31)29-16-18-7-9-30(10-8-18)17-19-1-3-20(4-2-19)24(26,27)28/h1-4,6,15,18H,5,7-14,16-17H2/i5D2,6D,7D,9D2,15D,16D2. The molecule has 0 bridgehead atoms. The molecule has 4 rings (SSSR count). The van der Waals surface area contributed by atoms with Crippen LogP contribution in [0.3, 0.4) is 0 Å². The summed E-state index contributed by atoms with van der Waals surface area (Å²) in [5, 5.41) is 0. The lowest BCUT2D eigenvalue weighted by atomic mass is 9.96. The molecule has 2 heterocycles. The summed E-state index contributed by atoms with van der Waals surface area (Å²) in [6.07, 6.45) is -9.29. The Morgan fingerprint density at radius 3 is 2.66 bits per heavy atom. The fourth-order valence-electron chi connectivity index (χ4n) is 3.46. The number of benzene rings is 1. The summed E-state index contributed by atoms with van der Waals surface area (Å²) in [7, 11) is 0. The van der Waals surface area contributed by atoms with Gasteiger partial charge in [-0.2, -0.15) is 13.2 Å². The highest BCUT2D eigenvalue weighted by molar-refractivity contribution is 5.98. The molecular formula is C24H29F4N3O. The molecule has 0 saturated carbocycles. The van der Waals surface area contributed by atoms with Gasteiger partial charge in [0.2, 0.25) is 0 Å². The first kappa shape index (κ1) is 14.2. The molecular weight excluding hydrogens is 422 g/mol. The van der Waals surface area contributed by atoms with Gasteiger partial charge in [0.25, 0.3) is 0 Å². The molecule has 0 N–H and O–H groups in total. The van der Waals surface area contributed by atoms with Crippen LogP contribution in [0.25, 0.3) is 0 Å². The molecule has 0 amide bonds. The first-order valence-corrected chi connectivity index (χ1v) is 10.2. The average molecular weight is 461 g/mol. The highest BCUT2D eigenvalue weighted by atomic mass is 19.4. The average Bonchev–Trinajstić information content (AvgIpc) is 2.89. The minimum atomic E-state index is -4.53. The quantitative estimate of drug-likeness (QED) is 0.589. The number of halogens is 4. The van der Waals surface area contributed by atoms with E-state index in [-0.39, 0.29) is 45.8 Å². The third-order valence-electron chi connectivity index (χ3n) is 5.23. The van der Waals surface area contributed by atoms with E-state index in [1.807, 2.05) is 0 Å². The monoisotopic (exact) mass is 460 g/mol. The van der Waals surface area contributed by atoms with Crippen LogP contribution in [0.4, 0.5) is 17.6 Å². The molecule has 3 aliphatic rings. The molecule has 2 atom stereocenters. The lowest BCUT2D eigenvalue weighted by molar-refractivity contribution is -0.137. The summed E-state index contributed by atoms with van der Waals surface area (Å²) in [6.45, 7) is -4.75. The molecule has 0 spiro atoms. The second kappa shape index (κ2) is 10.2. The van der Waals surface area contributed by atoms with Crippen molar-refractivity contribution in [3.8, 4) is 0 Å². The van der Waals surface area contributed by atoms with E-state index in [1.165, 1.54) is 21.9 Å². The van der Waals surface area contributed by atoms with Gasteiger partial charge in [0, 0.05) is 45.1 Å². The van der Waals surface area contributed by atoms with Gasteiger partial charge in [0.15, 0.2) is 0 Å². The summed E-state index contributed by atoms with van der Waals surface area (Å²) in [5.74, 6) is -2.68. The summed E-state index contributed by atoms with van der Waals surface area (Å²) >= 11 is 0. The molecule has 4 nitrogen and oxygen atoms in total. The molecule has 8 heteroatoms. The van der Waals surface area contributed by atoms with Crippen LogP contribution in [-0.2, 0) is 17.5 Å². The Morgan fingerprint density at radius 1 is 1.19 bits per heavy atom. The van der Waals surface area contributed by atoms with Gasteiger partial charge < -0.3 is 9.64 Å². The van der Waals surface area contributed by atoms with E-state index < -0.39 is 72.8 Å². The zero-order chi connectivity index (χ0) is 30.5. The second-order valence-corrected chi connectivity index (χ2v) is 7.53. The van der Waals surface area contributed by atoms with E-state index in [0.717, 1.165) is 12.1 Å². The van der Waals surface area contributed by atoms with Crippen LogP contribution in [0.5, 0.6) is 0 Å². The lowest BCUT2D eigenvalue weighted by Crippen LogP contribution is -2.36. The van der Waals surface area contributed by atoms with Crippen LogP contribution in [0, 0.1) is 5.92 Å². The van der Waals surface area contributed by atoms with Crippen LogP contribution >= 0.6 is 0 Å². The molecule has 1 aliphatic carbocycles. The number of hydrogen-bond acceptors (Lipinski definition) is 4. The number of morpholine rings is 1. The molecule has 0 aromatic heterocycles. The highest BCUT2D eigenvalue weighted by Gasteiger charge is 2.30. The number of rotatable bonds is 5. The Labute approximate surface area is 198 Å². The van der Waals surface area contributed by atoms with Gasteiger partial charge in [0.05, 0.1) is 30.0 Å². The SMILES string of the molecule is [2H]C1=C(F)C(N2CCOCC2)=C([2H])C([2H])([2H])C1=NC([2H])([2H])C1CCN(Cc2ccc(C(F)(F)F)cc2)C([2H])([2H])C1[2H]. The number of ether oxygens (including phenoxy) is 1. The fraction of sp³-hybridized carbons (Fsp3) is 0.542. The molecule has 174 valence electrons. The van der Waals surface area contributed by atoms with Gasteiger partial charge in [-0.05, 0) is 55.5 Å². The molecule has 2 aliphatic heterocycles. The van der Waals surface area contributed by atoms with Crippen molar-refractivity contribution < 1.29 is 34.6 Å². The Balaban J connectivity index is 1.58. The van der Waals surface area contributed by atoms with Gasteiger partial charge in [0.1, 0.15) is 5.83 Å². The summed E-state index contributed by atoms with van der Waals surface area (Å²) in [5.41, 5.74) is -1.88. The summed E-state index contributed by atoms with van der Waals surface area (Å²) in [4.78, 5) is 6.34. The maximum Gasteiger partial charge on any atom is 0.416 e. The number of aliphatic imine (C=N–C) groups is 1. The van der Waals surface area contributed by atoms with E-state index in [1.54, 1.807) is 0 Å². The summed E-state index contributed by atoms with van der Waals surface area (Å²) in [6, 6.07) is 2.29. The van der Waals surface area contributed by atoms with E-state index in [2.05, 4.69) is 4.99 Å². The minimum absolute atomic E-state index is 0.103. The number of likely N-dealkylation sites (tertiary alicyclic amines) is 1. The smallest absolute Gasteiger partial charge is 0.378 e. The fourth-order valence-corrected chi connectivity index (χ4v) is 3.46. The maximum absolute atomic E-state index is 15.3. The van der Waals surface area contributed by atoms with E-state index in [0.29, 0.717) is 5.56 Å². The van der Waals surface area contributed by atoms with Crippen LogP contribution < -0.4 is 0 Å². The van der Waals surface area contributed by atoms with Gasteiger partial charge >= 0.3 is 6.18 Å². The van der Waals surface area contributed by atoms with Crippen molar-refractivity contribution in [1.29, 1.82) is 0 Å². The van der Waals surface area contributed by atoms with Crippen LogP contribution in [-0.4, -0.2) is 61.4 Å². The normalized spacial score (nSPS) is 35.1. The van der Waals surface area contributed by atoms with E-state index >= 15 is 4.39 Å². The van der Waals surface area contributed by atoms with Gasteiger partial charge in [-0.25, -0.2) is 4.39 Å². The molecule has 1 aromatic rings. The van der Waals surface area contributed by atoms with Gasteiger partial charge in [-0.15, -0.1) is 0 Å². The maximum atomic E-state index is 15.3. The van der Waals surface area contributed by atoms with Crippen molar-refractivity contribution in [2.45, 2.75) is 31.9 Å². The third kappa shape index (κ3) is 5.98. The molecule has 0 radical (unpaired) electrons. The Bertz CT molecular complexity index is 1250. The molecule has 2 saturated heterocycles. The Hall–Kier alpha value is -2.19. The number of piperidine rings is 1. The topological polar surface area (TPSA) is 28.1 Å². The van der Waals surface area contributed by atoms with Crippen molar-refractivity contribution >= 4 is 5.71 Å². The molecule has 2 unspecified atom stereocenters. The third-order valence-corrected chi connectivity index (χ3v) is 5.23. The van der Waals surface area contributed by atoms with Gasteiger partial charge in [-0.1, -0.05) is 18.2 Å². The zero-order valence-corrected chi connectivity index (χ0v) is 17.2. The van der Waals surface area contributed by atoms with Crippen LogP contribution in [0.2, 0.25) is 0 Å². The molecule has 2 fully saturated rings. The van der Waals surface area contributed by atoms with Crippen molar-refractivity contribution in [2.75, 3.05) is 45.8 Å². The number of alkyl halides is 3. The predicted octanol–water partition coefficient (Wildman–Crippen LogP) is 4.83. The zero-order valence-electron chi connectivity index (χ0n) is 26.2. The second-order valence-electron chi connectivity index (χ2n) is 7.53. The van der Waals surface area contributed by atoms with Gasteiger partial charge in [-0.3, -0.25) is 9.89 Å². The first-order chi connectivity index (χ1) is 18.9. The summed E-state index contributed by atoms with van der Waals surface area (Å²) < 4.78 is 135. The van der Waals surface area contributed by atoms with Crippen LogP contribution in [0.1, 0.15) is 42.7 Å². The first-order valence-electron chi connectivity index (χ1n) is 14.8. The number of allylic oxidation sites excluding steroid dienone is 3. The van der Waals surface area contributed by atoms with Crippen molar-refractivity contribution in [3.63, 3.8) is 0 Å². The van der Waals surface area contributed by atoms with E-state index in [4.69, 9.17) is 17.1 Å². The Kier molecular flexibility index (Phi) is 4.50. The number of nitrogens with zero attached hydrogens (tertiary/aromatic N) is 3. The van der Waals surface area contributed by atoms with Crippen molar-refractivity contribution in [3.05, 3.63) is 59.0 Å². The van der Waals surface area contributed by atoms with Crippen molar-refractivity contribution in [2.24, 2.45) is 10.9 Å². The van der Waals surface area contributed by atoms with Crippen LogP contribution in [0.15, 0.2) is 52.9 Å². The lowest BCUT2D eigenvalue weighted by Gasteiger charge is -2.32. The largest absolute Gasteiger partial charge is 0.416 e. The molecule has 1 aromatic carbocycles. The van der Waals surface area contributed by atoms with Crippen molar-refractivity contribution in [1.82, 2.24) is 9.80 Å². The predicted molar refractivity (Wildman–Crippen MR) is 116 cm³/mol.